The Bertz CT molecular complexity index is 851. The Balaban J connectivity index is 1.48. The van der Waals surface area contributed by atoms with E-state index in [1.165, 1.54) is 0 Å². The minimum atomic E-state index is -0.479. The van der Waals surface area contributed by atoms with E-state index >= 15 is 0 Å². The number of piperazine rings is 1. The molecule has 2 fully saturated rings. The maximum absolute atomic E-state index is 13.3. The van der Waals surface area contributed by atoms with Crippen LogP contribution in [0.5, 0.6) is 0 Å². The van der Waals surface area contributed by atoms with Crippen molar-refractivity contribution in [3.63, 3.8) is 0 Å². The van der Waals surface area contributed by atoms with Crippen molar-refractivity contribution < 1.29 is 14.0 Å². The van der Waals surface area contributed by atoms with Crippen molar-refractivity contribution in [1.29, 1.82) is 0 Å². The summed E-state index contributed by atoms with van der Waals surface area (Å²) in [5.74, 6) is 1.60. The fraction of sp³-hybridized carbons (Fsp3) is 0.500. The van der Waals surface area contributed by atoms with Crippen LogP contribution in [-0.4, -0.2) is 52.3 Å². The van der Waals surface area contributed by atoms with E-state index < -0.39 is 6.04 Å². The number of furan rings is 1. The largest absolute Gasteiger partial charge is 0.465 e. The zero-order chi connectivity index (χ0) is 20.2. The van der Waals surface area contributed by atoms with Crippen LogP contribution in [0.15, 0.2) is 40.9 Å². The monoisotopic (exact) mass is 396 g/mol. The topological polar surface area (TPSA) is 78.7 Å². The van der Waals surface area contributed by atoms with Gasteiger partial charge in [-0.2, -0.15) is 0 Å². The molecule has 2 aliphatic rings. The molecule has 7 heteroatoms. The van der Waals surface area contributed by atoms with Crippen LogP contribution in [0.4, 0.5) is 0 Å². The van der Waals surface area contributed by atoms with Gasteiger partial charge >= 0.3 is 0 Å². The average molecular weight is 396 g/mol. The molecule has 0 bridgehead atoms. The molecule has 0 aliphatic carbocycles. The van der Waals surface area contributed by atoms with Gasteiger partial charge in [0.15, 0.2) is 0 Å². The average Bonchev–Trinajstić information content (AvgIpc) is 3.16. The summed E-state index contributed by atoms with van der Waals surface area (Å²) in [5.41, 5.74) is 0.927. The van der Waals surface area contributed by atoms with Crippen molar-refractivity contribution in [2.24, 2.45) is 0 Å². The summed E-state index contributed by atoms with van der Waals surface area (Å²) >= 11 is 0. The zero-order valence-electron chi connectivity index (χ0n) is 16.8. The minimum absolute atomic E-state index is 0.00900. The van der Waals surface area contributed by atoms with Gasteiger partial charge in [0, 0.05) is 25.8 Å². The molecule has 4 rings (SSSR count). The van der Waals surface area contributed by atoms with Gasteiger partial charge in [0.05, 0.1) is 30.7 Å². The van der Waals surface area contributed by atoms with E-state index in [1.807, 2.05) is 42.2 Å². The second kappa shape index (κ2) is 8.78. The first-order chi connectivity index (χ1) is 14.1. The van der Waals surface area contributed by atoms with Crippen LogP contribution in [0.1, 0.15) is 48.9 Å². The Labute approximate surface area is 171 Å². The second-order valence-electron chi connectivity index (χ2n) is 7.85. The van der Waals surface area contributed by atoms with Crippen molar-refractivity contribution >= 4 is 11.8 Å². The number of amides is 2. The van der Waals surface area contributed by atoms with Gasteiger partial charge in [-0.1, -0.05) is 6.07 Å². The standard InChI is InChI=1S/C22H28N4O3/c1-16-8-9-17(29-16)15-25-13-11-24-22(28)20(25)14-21(27)26-12-5-3-7-19(26)18-6-2-4-10-23-18/h2,4,6,8-10,19-20H,3,5,7,11-15H2,1H3,(H,24,28). The molecule has 0 aromatic carbocycles. The third-order valence-electron chi connectivity index (χ3n) is 5.82. The minimum Gasteiger partial charge on any atom is -0.465 e. The number of carbonyl (C=O) groups is 2. The van der Waals surface area contributed by atoms with E-state index in [9.17, 15) is 9.59 Å². The number of aromatic nitrogens is 1. The molecule has 29 heavy (non-hydrogen) atoms. The third kappa shape index (κ3) is 4.50. The van der Waals surface area contributed by atoms with E-state index in [0.29, 0.717) is 26.2 Å². The van der Waals surface area contributed by atoms with Crippen LogP contribution >= 0.6 is 0 Å². The maximum Gasteiger partial charge on any atom is 0.237 e. The molecule has 0 saturated carbocycles. The predicted octanol–water partition coefficient (Wildman–Crippen LogP) is 2.43. The van der Waals surface area contributed by atoms with E-state index in [4.69, 9.17) is 4.42 Å². The quantitative estimate of drug-likeness (QED) is 0.840. The van der Waals surface area contributed by atoms with Crippen molar-refractivity contribution in [3.8, 4) is 0 Å². The summed E-state index contributed by atoms with van der Waals surface area (Å²) in [7, 11) is 0. The number of hydrogen-bond donors (Lipinski definition) is 1. The fourth-order valence-electron chi connectivity index (χ4n) is 4.34. The summed E-state index contributed by atoms with van der Waals surface area (Å²) in [6.07, 6.45) is 4.93. The zero-order valence-corrected chi connectivity index (χ0v) is 16.8. The Morgan fingerprint density at radius 1 is 1.24 bits per heavy atom. The Morgan fingerprint density at radius 2 is 2.14 bits per heavy atom. The molecular weight excluding hydrogens is 368 g/mol. The second-order valence-corrected chi connectivity index (χ2v) is 7.85. The summed E-state index contributed by atoms with van der Waals surface area (Å²) in [6, 6.07) is 9.20. The lowest BCUT2D eigenvalue weighted by molar-refractivity contribution is -0.141. The molecule has 2 aromatic rings. The number of likely N-dealkylation sites (tertiary alicyclic amines) is 1. The van der Waals surface area contributed by atoms with Gasteiger partial charge in [-0.15, -0.1) is 0 Å². The maximum atomic E-state index is 13.3. The smallest absolute Gasteiger partial charge is 0.237 e. The molecule has 1 N–H and O–H groups in total. The molecule has 2 saturated heterocycles. The molecule has 2 amide bonds. The van der Waals surface area contributed by atoms with E-state index in [1.54, 1.807) is 6.20 Å². The van der Waals surface area contributed by atoms with Crippen molar-refractivity contribution in [2.45, 2.75) is 51.2 Å². The summed E-state index contributed by atoms with van der Waals surface area (Å²) in [5, 5.41) is 2.91. The molecule has 2 aromatic heterocycles. The lowest BCUT2D eigenvalue weighted by atomic mass is 9.97. The Kier molecular flexibility index (Phi) is 5.94. The SMILES string of the molecule is Cc1ccc(CN2CCNC(=O)C2CC(=O)N2CCCCC2c2ccccn2)o1. The number of piperidine rings is 1. The van der Waals surface area contributed by atoms with E-state index in [-0.39, 0.29) is 24.3 Å². The summed E-state index contributed by atoms with van der Waals surface area (Å²) < 4.78 is 5.69. The van der Waals surface area contributed by atoms with Crippen LogP contribution in [-0.2, 0) is 16.1 Å². The highest BCUT2D eigenvalue weighted by molar-refractivity contribution is 5.89. The first-order valence-corrected chi connectivity index (χ1v) is 10.4. The number of nitrogens with one attached hydrogen (secondary N) is 1. The van der Waals surface area contributed by atoms with Gasteiger partial charge in [-0.25, -0.2) is 0 Å². The molecule has 2 unspecified atom stereocenters. The molecule has 0 radical (unpaired) electrons. The van der Waals surface area contributed by atoms with Crippen LogP contribution in [0.2, 0.25) is 0 Å². The molecule has 0 spiro atoms. The molecular formula is C22H28N4O3. The van der Waals surface area contributed by atoms with Gasteiger partial charge in [0.2, 0.25) is 11.8 Å². The lowest BCUT2D eigenvalue weighted by Crippen LogP contribution is -2.56. The van der Waals surface area contributed by atoms with Gasteiger partial charge in [0.25, 0.3) is 0 Å². The number of nitrogens with zero attached hydrogens (tertiary/aromatic N) is 3. The number of hydrogen-bond acceptors (Lipinski definition) is 5. The summed E-state index contributed by atoms with van der Waals surface area (Å²) in [6.45, 7) is 4.44. The van der Waals surface area contributed by atoms with Crippen molar-refractivity contribution in [1.82, 2.24) is 20.1 Å². The van der Waals surface area contributed by atoms with E-state index in [2.05, 4.69) is 15.2 Å². The van der Waals surface area contributed by atoms with Gasteiger partial charge in [-0.05, 0) is 50.5 Å². The predicted molar refractivity (Wildman–Crippen MR) is 108 cm³/mol. The third-order valence-corrected chi connectivity index (χ3v) is 5.82. The van der Waals surface area contributed by atoms with E-state index in [0.717, 1.165) is 36.5 Å². The van der Waals surface area contributed by atoms with Crippen molar-refractivity contribution in [3.05, 3.63) is 53.7 Å². The van der Waals surface area contributed by atoms with Gasteiger partial charge in [0.1, 0.15) is 11.5 Å². The van der Waals surface area contributed by atoms with Crippen molar-refractivity contribution in [2.75, 3.05) is 19.6 Å². The Hall–Kier alpha value is -2.67. The fourth-order valence-corrected chi connectivity index (χ4v) is 4.34. The highest BCUT2D eigenvalue weighted by Crippen LogP contribution is 2.30. The van der Waals surface area contributed by atoms with Gasteiger partial charge in [-0.3, -0.25) is 19.5 Å². The number of pyridine rings is 1. The van der Waals surface area contributed by atoms with Gasteiger partial charge < -0.3 is 14.6 Å². The highest BCUT2D eigenvalue weighted by Gasteiger charge is 2.36. The van der Waals surface area contributed by atoms with Crippen LogP contribution < -0.4 is 5.32 Å². The van der Waals surface area contributed by atoms with Crippen LogP contribution in [0.25, 0.3) is 0 Å². The normalized spacial score (nSPS) is 23.1. The number of carbonyl (C=O) groups excluding carboxylic acids is 2. The molecule has 4 heterocycles. The molecule has 7 nitrogen and oxygen atoms in total. The lowest BCUT2D eigenvalue weighted by Gasteiger charge is -2.38. The first-order valence-electron chi connectivity index (χ1n) is 10.4. The summed E-state index contributed by atoms with van der Waals surface area (Å²) in [4.78, 5) is 34.3. The molecule has 154 valence electrons. The highest BCUT2D eigenvalue weighted by atomic mass is 16.3. The number of aryl methyl sites for hydroxylation is 1. The molecule has 2 atom stereocenters. The first kappa shape index (κ1) is 19.6. The molecule has 2 aliphatic heterocycles. The van der Waals surface area contributed by atoms with Crippen LogP contribution in [0, 0.1) is 6.92 Å². The van der Waals surface area contributed by atoms with Crippen LogP contribution in [0.3, 0.4) is 0 Å². The Morgan fingerprint density at radius 3 is 2.90 bits per heavy atom. The number of rotatable bonds is 5.